The summed E-state index contributed by atoms with van der Waals surface area (Å²) in [5, 5.41) is 17.1. The summed E-state index contributed by atoms with van der Waals surface area (Å²) >= 11 is 0. The number of carboxylic acid groups (broad SMARTS) is 1. The Labute approximate surface area is 127 Å². The molecule has 0 spiro atoms. The van der Waals surface area contributed by atoms with Crippen LogP contribution in [0.4, 0.5) is 0 Å². The minimum atomic E-state index is -0.710. The smallest absolute Gasteiger partial charge is 0.305 e. The molecular formula is C16H30O5. The molecule has 0 amide bonds. The summed E-state index contributed by atoms with van der Waals surface area (Å²) in [5.74, 6) is -0.847. The molecule has 0 radical (unpaired) electrons. The number of carbonyl (C=O) groups is 2. The molecule has 124 valence electrons. The molecule has 5 nitrogen and oxygen atoms in total. The third-order valence-corrected chi connectivity index (χ3v) is 3.34. The van der Waals surface area contributed by atoms with Crippen molar-refractivity contribution in [2.24, 2.45) is 0 Å². The molecule has 0 fully saturated rings. The number of aliphatic hydroxyl groups excluding tert-OH is 1. The molecule has 0 bridgehead atoms. The van der Waals surface area contributed by atoms with Crippen LogP contribution in [0, 0.1) is 0 Å². The van der Waals surface area contributed by atoms with Crippen LogP contribution >= 0.6 is 0 Å². The Bertz CT molecular complexity index is 265. The van der Waals surface area contributed by atoms with Crippen molar-refractivity contribution in [3.63, 3.8) is 0 Å². The maximum atomic E-state index is 11.3. The lowest BCUT2D eigenvalue weighted by Crippen LogP contribution is -2.06. The number of aliphatic carboxylic acids is 1. The Morgan fingerprint density at radius 1 is 0.714 bits per heavy atom. The zero-order valence-electron chi connectivity index (χ0n) is 13.0. The van der Waals surface area contributed by atoms with E-state index in [2.05, 4.69) is 0 Å². The lowest BCUT2D eigenvalue weighted by molar-refractivity contribution is -0.144. The molecule has 0 aromatic carbocycles. The van der Waals surface area contributed by atoms with Crippen molar-refractivity contribution in [2.45, 2.75) is 77.0 Å². The molecule has 0 aliphatic rings. The molecule has 21 heavy (non-hydrogen) atoms. The van der Waals surface area contributed by atoms with E-state index in [1.807, 2.05) is 0 Å². The first kappa shape index (κ1) is 19.9. The van der Waals surface area contributed by atoms with E-state index < -0.39 is 5.97 Å². The monoisotopic (exact) mass is 302 g/mol. The Morgan fingerprint density at radius 2 is 1.24 bits per heavy atom. The van der Waals surface area contributed by atoms with Crippen LogP contribution in [0.5, 0.6) is 0 Å². The first-order valence-electron chi connectivity index (χ1n) is 8.15. The number of rotatable bonds is 15. The quantitative estimate of drug-likeness (QED) is 0.358. The average molecular weight is 302 g/mol. The second kappa shape index (κ2) is 15.3. The number of carbonyl (C=O) groups excluding carboxylic acids is 1. The number of ether oxygens (including phenoxy) is 1. The maximum absolute atomic E-state index is 11.3. The molecule has 2 N–H and O–H groups in total. The van der Waals surface area contributed by atoms with Crippen molar-refractivity contribution in [2.75, 3.05) is 13.2 Å². The first-order chi connectivity index (χ1) is 10.2. The normalized spacial score (nSPS) is 10.5. The van der Waals surface area contributed by atoms with E-state index in [1.54, 1.807) is 0 Å². The number of hydrogen-bond donors (Lipinski definition) is 2. The number of esters is 1. The lowest BCUT2D eigenvalue weighted by atomic mass is 10.1. The van der Waals surface area contributed by atoms with Gasteiger partial charge in [0.1, 0.15) is 0 Å². The van der Waals surface area contributed by atoms with Crippen molar-refractivity contribution in [3.8, 4) is 0 Å². The Kier molecular flexibility index (Phi) is 14.5. The van der Waals surface area contributed by atoms with E-state index in [0.29, 0.717) is 19.4 Å². The van der Waals surface area contributed by atoms with E-state index in [9.17, 15) is 9.59 Å². The fourth-order valence-electron chi connectivity index (χ4n) is 2.08. The van der Waals surface area contributed by atoms with Gasteiger partial charge in [-0.15, -0.1) is 0 Å². The van der Waals surface area contributed by atoms with Gasteiger partial charge in [0.2, 0.25) is 0 Å². The number of aliphatic hydroxyl groups is 1. The van der Waals surface area contributed by atoms with Gasteiger partial charge in [-0.1, -0.05) is 38.5 Å². The van der Waals surface area contributed by atoms with Crippen molar-refractivity contribution in [1.82, 2.24) is 0 Å². The zero-order chi connectivity index (χ0) is 15.8. The van der Waals surface area contributed by atoms with E-state index in [1.165, 1.54) is 0 Å². The SMILES string of the molecule is O=C(O)CCCCCCCCCCC(=O)OCCCCO. The van der Waals surface area contributed by atoms with E-state index >= 15 is 0 Å². The fraction of sp³-hybridized carbons (Fsp3) is 0.875. The summed E-state index contributed by atoms with van der Waals surface area (Å²) in [4.78, 5) is 21.6. The number of carboxylic acids is 1. The molecule has 0 rings (SSSR count). The second-order valence-corrected chi connectivity index (χ2v) is 5.37. The molecule has 0 heterocycles. The summed E-state index contributed by atoms with van der Waals surface area (Å²) in [6.07, 6.45) is 10.4. The van der Waals surface area contributed by atoms with Gasteiger partial charge in [0.05, 0.1) is 6.61 Å². The Morgan fingerprint density at radius 3 is 1.76 bits per heavy atom. The van der Waals surface area contributed by atoms with Gasteiger partial charge in [0.15, 0.2) is 0 Å². The van der Waals surface area contributed by atoms with Crippen LogP contribution in [0.25, 0.3) is 0 Å². The molecule has 0 saturated heterocycles. The highest BCUT2D eigenvalue weighted by Crippen LogP contribution is 2.11. The molecule has 0 atom stereocenters. The highest BCUT2D eigenvalue weighted by Gasteiger charge is 2.02. The molecule has 0 aromatic rings. The Hall–Kier alpha value is -1.10. The minimum Gasteiger partial charge on any atom is -0.481 e. The summed E-state index contributed by atoms with van der Waals surface area (Å²) < 4.78 is 5.04. The van der Waals surface area contributed by atoms with Gasteiger partial charge in [0, 0.05) is 19.4 Å². The van der Waals surface area contributed by atoms with Crippen LogP contribution in [0.1, 0.15) is 77.0 Å². The van der Waals surface area contributed by atoms with Gasteiger partial charge in [-0.25, -0.2) is 0 Å². The van der Waals surface area contributed by atoms with Crippen molar-refractivity contribution >= 4 is 11.9 Å². The highest BCUT2D eigenvalue weighted by molar-refractivity contribution is 5.69. The first-order valence-corrected chi connectivity index (χ1v) is 8.15. The third kappa shape index (κ3) is 16.8. The van der Waals surface area contributed by atoms with Crippen LogP contribution in [0.3, 0.4) is 0 Å². The summed E-state index contributed by atoms with van der Waals surface area (Å²) in [6, 6.07) is 0. The number of hydrogen-bond acceptors (Lipinski definition) is 4. The van der Waals surface area contributed by atoms with Gasteiger partial charge in [-0.3, -0.25) is 9.59 Å². The van der Waals surface area contributed by atoms with E-state index in [4.69, 9.17) is 14.9 Å². The number of unbranched alkanes of at least 4 members (excludes halogenated alkanes) is 8. The topological polar surface area (TPSA) is 83.8 Å². The van der Waals surface area contributed by atoms with Crippen molar-refractivity contribution in [3.05, 3.63) is 0 Å². The second-order valence-electron chi connectivity index (χ2n) is 5.37. The summed E-state index contributed by atoms with van der Waals surface area (Å²) in [5.41, 5.74) is 0. The van der Waals surface area contributed by atoms with Gasteiger partial charge in [-0.05, 0) is 25.7 Å². The molecule has 0 aliphatic heterocycles. The lowest BCUT2D eigenvalue weighted by Gasteiger charge is -2.04. The van der Waals surface area contributed by atoms with Crippen LogP contribution in [-0.4, -0.2) is 35.4 Å². The van der Waals surface area contributed by atoms with Crippen molar-refractivity contribution < 1.29 is 24.5 Å². The third-order valence-electron chi connectivity index (χ3n) is 3.34. The van der Waals surface area contributed by atoms with E-state index in [-0.39, 0.29) is 19.0 Å². The predicted molar refractivity (Wildman–Crippen MR) is 81.1 cm³/mol. The van der Waals surface area contributed by atoms with Gasteiger partial charge >= 0.3 is 11.9 Å². The van der Waals surface area contributed by atoms with Crippen molar-refractivity contribution in [1.29, 1.82) is 0 Å². The van der Waals surface area contributed by atoms with Gasteiger partial charge in [-0.2, -0.15) is 0 Å². The molecule has 0 aromatic heterocycles. The maximum Gasteiger partial charge on any atom is 0.305 e. The summed E-state index contributed by atoms with van der Waals surface area (Å²) in [7, 11) is 0. The van der Waals surface area contributed by atoms with E-state index in [0.717, 1.165) is 57.8 Å². The zero-order valence-corrected chi connectivity index (χ0v) is 13.0. The Balaban J connectivity index is 3.14. The molecule has 0 aliphatic carbocycles. The van der Waals surface area contributed by atoms with Gasteiger partial charge in [0.25, 0.3) is 0 Å². The largest absolute Gasteiger partial charge is 0.481 e. The van der Waals surface area contributed by atoms with Crippen LogP contribution in [0.15, 0.2) is 0 Å². The van der Waals surface area contributed by atoms with Crippen LogP contribution < -0.4 is 0 Å². The molecule has 5 heteroatoms. The van der Waals surface area contributed by atoms with Crippen LogP contribution in [-0.2, 0) is 14.3 Å². The summed E-state index contributed by atoms with van der Waals surface area (Å²) in [6.45, 7) is 0.559. The highest BCUT2D eigenvalue weighted by atomic mass is 16.5. The predicted octanol–water partition coefficient (Wildman–Crippen LogP) is 3.29. The fourth-order valence-corrected chi connectivity index (χ4v) is 2.08. The van der Waals surface area contributed by atoms with Gasteiger partial charge < -0.3 is 14.9 Å². The van der Waals surface area contributed by atoms with Crippen LogP contribution in [0.2, 0.25) is 0 Å². The average Bonchev–Trinajstić information content (AvgIpc) is 2.45. The molecule has 0 unspecified atom stereocenters. The molecular weight excluding hydrogens is 272 g/mol. The standard InChI is InChI=1S/C16H30O5/c17-13-9-10-14-21-16(20)12-8-6-4-2-1-3-5-7-11-15(18)19/h17H,1-14H2,(H,18,19). The molecule has 0 saturated carbocycles. The minimum absolute atomic E-state index is 0.137.